The van der Waals surface area contributed by atoms with Crippen LogP contribution in [0.25, 0.3) is 0 Å². The molecule has 1 spiro atoms. The number of hydrogen-bond acceptors (Lipinski definition) is 5. The van der Waals surface area contributed by atoms with Crippen molar-refractivity contribution in [1.82, 2.24) is 4.90 Å². The van der Waals surface area contributed by atoms with Crippen LogP contribution in [-0.4, -0.2) is 35.1 Å². The summed E-state index contributed by atoms with van der Waals surface area (Å²) in [7, 11) is 1.80. The second kappa shape index (κ2) is 7.79. The van der Waals surface area contributed by atoms with E-state index in [2.05, 4.69) is 5.32 Å². The number of non-ortho nitro benzene ring substituents is 1. The van der Waals surface area contributed by atoms with Crippen LogP contribution in [-0.2, 0) is 10.3 Å². The van der Waals surface area contributed by atoms with Gasteiger partial charge in [0.15, 0.2) is 5.78 Å². The molecule has 0 unspecified atom stereocenters. The lowest BCUT2D eigenvalue weighted by Gasteiger charge is -2.35. The third-order valence-electron chi connectivity index (χ3n) is 6.76. The van der Waals surface area contributed by atoms with Crippen LogP contribution in [0.3, 0.4) is 0 Å². The number of fused-ring (bicyclic) bond motifs is 2. The zero-order chi connectivity index (χ0) is 23.3. The number of nitro groups is 1. The van der Waals surface area contributed by atoms with Crippen molar-refractivity contribution < 1.29 is 14.5 Å². The summed E-state index contributed by atoms with van der Waals surface area (Å²) in [6.07, 6.45) is 0. The number of ketones is 1. The molecule has 0 aliphatic carbocycles. The summed E-state index contributed by atoms with van der Waals surface area (Å²) in [5.41, 5.74) is 1.04. The second-order valence-corrected chi connectivity index (χ2v) is 8.89. The molecular weight excluding hydrogens is 442 g/mol. The first-order chi connectivity index (χ1) is 15.8. The molecular formula is C25H20ClN3O4. The first-order valence-corrected chi connectivity index (χ1v) is 10.9. The number of hydrogen-bond donors (Lipinski definition) is 1. The van der Waals surface area contributed by atoms with Crippen LogP contribution in [0, 0.1) is 16.0 Å². The Morgan fingerprint density at radius 1 is 1.12 bits per heavy atom. The number of rotatable bonds is 4. The molecule has 1 saturated heterocycles. The molecule has 0 bridgehead atoms. The summed E-state index contributed by atoms with van der Waals surface area (Å²) in [5, 5.41) is 14.8. The summed E-state index contributed by atoms with van der Waals surface area (Å²) in [6, 6.07) is 20.3. The first-order valence-electron chi connectivity index (χ1n) is 10.5. The Morgan fingerprint density at radius 2 is 1.88 bits per heavy atom. The van der Waals surface area contributed by atoms with Gasteiger partial charge < -0.3 is 5.32 Å². The normalized spacial score (nSPS) is 24.0. The highest BCUT2D eigenvalue weighted by atomic mass is 35.5. The van der Waals surface area contributed by atoms with E-state index >= 15 is 0 Å². The molecule has 1 amide bonds. The van der Waals surface area contributed by atoms with Crippen molar-refractivity contribution in [1.29, 1.82) is 0 Å². The molecule has 7 nitrogen and oxygen atoms in total. The Balaban J connectivity index is 1.74. The molecule has 0 aromatic heterocycles. The number of nitrogens with zero attached hydrogens (tertiary/aromatic N) is 2. The number of amides is 1. The van der Waals surface area contributed by atoms with Crippen molar-refractivity contribution in [2.75, 3.05) is 18.9 Å². The molecule has 2 aliphatic heterocycles. The number of halogens is 1. The number of carbonyl (C=O) groups excluding carboxylic acids is 2. The number of nitrogens with one attached hydrogen (secondary N) is 1. The minimum atomic E-state index is -1.29. The van der Waals surface area contributed by atoms with Gasteiger partial charge in [-0.15, -0.1) is 0 Å². The Hall–Kier alpha value is -3.55. The van der Waals surface area contributed by atoms with Crippen LogP contribution < -0.4 is 5.32 Å². The van der Waals surface area contributed by atoms with E-state index in [1.54, 1.807) is 61.6 Å². The van der Waals surface area contributed by atoms with Gasteiger partial charge in [0.2, 0.25) is 5.91 Å². The molecule has 8 heteroatoms. The molecule has 0 radical (unpaired) electrons. The zero-order valence-corrected chi connectivity index (χ0v) is 18.5. The van der Waals surface area contributed by atoms with Crippen molar-refractivity contribution in [2.24, 2.45) is 5.92 Å². The first kappa shape index (κ1) is 21.3. The van der Waals surface area contributed by atoms with Crippen molar-refractivity contribution in [2.45, 2.75) is 11.5 Å². The standard InChI is InChI=1S/C25H20ClN3O4/c1-28-14-19(16-8-5-9-18(12-16)29(32)33)22(23(30)15-6-3-2-4-7-15)25(28)20-13-17(26)10-11-21(20)27-24(25)31/h2-13,19,22H,14H2,1H3,(H,27,31)/t19-,22-,25+/m1/s1. The van der Waals surface area contributed by atoms with Crippen LogP contribution in [0.15, 0.2) is 72.8 Å². The number of likely N-dealkylation sites (N-methyl/N-ethyl adjacent to an activating group) is 1. The van der Waals surface area contributed by atoms with Gasteiger partial charge in [-0.1, -0.05) is 54.1 Å². The Labute approximate surface area is 195 Å². The molecule has 166 valence electrons. The van der Waals surface area contributed by atoms with Crippen LogP contribution in [0.1, 0.15) is 27.4 Å². The lowest BCUT2D eigenvalue weighted by Crippen LogP contribution is -2.51. The molecule has 5 rings (SSSR count). The van der Waals surface area contributed by atoms with Crippen LogP contribution in [0.4, 0.5) is 11.4 Å². The van der Waals surface area contributed by atoms with Gasteiger partial charge in [0.25, 0.3) is 5.69 Å². The zero-order valence-electron chi connectivity index (χ0n) is 17.7. The average molecular weight is 462 g/mol. The van der Waals surface area contributed by atoms with E-state index < -0.39 is 22.3 Å². The Morgan fingerprint density at radius 3 is 2.61 bits per heavy atom. The fourth-order valence-electron chi connectivity index (χ4n) is 5.36. The van der Waals surface area contributed by atoms with Crippen molar-refractivity contribution >= 4 is 34.7 Å². The van der Waals surface area contributed by atoms with Crippen molar-refractivity contribution in [3.05, 3.63) is 105 Å². The highest BCUT2D eigenvalue weighted by molar-refractivity contribution is 6.31. The van der Waals surface area contributed by atoms with Crippen LogP contribution in [0.5, 0.6) is 0 Å². The average Bonchev–Trinajstić information content (AvgIpc) is 3.29. The number of benzene rings is 3. The van der Waals surface area contributed by atoms with E-state index in [1.165, 1.54) is 12.1 Å². The molecule has 3 atom stereocenters. The molecule has 33 heavy (non-hydrogen) atoms. The number of likely N-dealkylation sites (tertiary alicyclic amines) is 1. The van der Waals surface area contributed by atoms with Crippen LogP contribution in [0.2, 0.25) is 5.02 Å². The molecule has 3 aromatic carbocycles. The fraction of sp³-hybridized carbons (Fsp3) is 0.200. The summed E-state index contributed by atoms with van der Waals surface area (Å²) in [4.78, 5) is 40.5. The minimum Gasteiger partial charge on any atom is -0.324 e. The second-order valence-electron chi connectivity index (χ2n) is 8.46. The number of anilines is 1. The summed E-state index contributed by atoms with van der Waals surface area (Å²) in [6.45, 7) is 0.365. The molecule has 1 N–H and O–H groups in total. The number of nitro benzene ring substituents is 1. The summed E-state index contributed by atoms with van der Waals surface area (Å²) < 4.78 is 0. The lowest BCUT2D eigenvalue weighted by molar-refractivity contribution is -0.384. The molecule has 3 aromatic rings. The van der Waals surface area contributed by atoms with E-state index in [4.69, 9.17) is 11.6 Å². The molecule has 2 aliphatic rings. The molecule has 2 heterocycles. The van der Waals surface area contributed by atoms with Gasteiger partial charge >= 0.3 is 0 Å². The predicted octanol–water partition coefficient (Wildman–Crippen LogP) is 4.62. The largest absolute Gasteiger partial charge is 0.324 e. The maximum Gasteiger partial charge on any atom is 0.269 e. The smallest absolute Gasteiger partial charge is 0.269 e. The number of Topliss-reactive ketones (excluding diaryl/α,β-unsaturated/α-hetero) is 1. The van der Waals surface area contributed by atoms with Gasteiger partial charge in [0.05, 0.1) is 10.8 Å². The fourth-order valence-corrected chi connectivity index (χ4v) is 5.53. The van der Waals surface area contributed by atoms with Crippen molar-refractivity contribution in [3.63, 3.8) is 0 Å². The van der Waals surface area contributed by atoms with Gasteiger partial charge in [0.1, 0.15) is 5.54 Å². The van der Waals surface area contributed by atoms with Gasteiger partial charge in [-0.25, -0.2) is 0 Å². The third-order valence-corrected chi connectivity index (χ3v) is 7.00. The van der Waals surface area contributed by atoms with E-state index in [9.17, 15) is 19.7 Å². The van der Waals surface area contributed by atoms with Gasteiger partial charge in [0, 0.05) is 46.4 Å². The Kier molecular flexibility index (Phi) is 5.03. The lowest BCUT2D eigenvalue weighted by atomic mass is 9.70. The van der Waals surface area contributed by atoms with E-state index in [0.717, 1.165) is 0 Å². The monoisotopic (exact) mass is 461 g/mol. The van der Waals surface area contributed by atoms with Gasteiger partial charge in [-0.3, -0.25) is 24.6 Å². The topological polar surface area (TPSA) is 92.5 Å². The van der Waals surface area contributed by atoms with Gasteiger partial charge in [-0.2, -0.15) is 0 Å². The van der Waals surface area contributed by atoms with E-state index in [1.807, 2.05) is 11.0 Å². The SMILES string of the molecule is CN1C[C@H](c2cccc([N+](=O)[O-])c2)[C@H](C(=O)c2ccccc2)[C@@]12C(=O)Nc1ccc(Cl)cc12. The maximum atomic E-state index is 14.0. The van der Waals surface area contributed by atoms with E-state index in [0.29, 0.717) is 33.9 Å². The predicted molar refractivity (Wildman–Crippen MR) is 124 cm³/mol. The maximum absolute atomic E-state index is 14.0. The highest BCUT2D eigenvalue weighted by Gasteiger charge is 2.64. The van der Waals surface area contributed by atoms with E-state index in [-0.39, 0.29) is 17.4 Å². The van der Waals surface area contributed by atoms with Gasteiger partial charge in [-0.05, 0) is 30.8 Å². The highest BCUT2D eigenvalue weighted by Crippen LogP contribution is 2.56. The molecule has 0 saturated carbocycles. The summed E-state index contributed by atoms with van der Waals surface area (Å²) >= 11 is 6.32. The van der Waals surface area contributed by atoms with Crippen molar-refractivity contribution in [3.8, 4) is 0 Å². The van der Waals surface area contributed by atoms with Crippen LogP contribution >= 0.6 is 11.6 Å². The Bertz CT molecular complexity index is 1300. The third kappa shape index (κ3) is 3.15. The quantitative estimate of drug-likeness (QED) is 0.347. The summed E-state index contributed by atoms with van der Waals surface area (Å²) in [5.74, 6) is -1.76. The molecule has 1 fully saturated rings. The minimum absolute atomic E-state index is 0.0543. The number of carbonyl (C=O) groups is 2.